The minimum absolute atomic E-state index is 0.754. The Morgan fingerprint density at radius 3 is 2.80 bits per heavy atom. The summed E-state index contributed by atoms with van der Waals surface area (Å²) >= 11 is 5.47. The molecule has 0 aliphatic carbocycles. The second-order valence-corrected chi connectivity index (χ2v) is 5.49. The van der Waals surface area contributed by atoms with E-state index in [9.17, 15) is 0 Å². The Hall–Kier alpha value is -1.88. The van der Waals surface area contributed by atoms with Crippen molar-refractivity contribution in [3.8, 4) is 0 Å². The molecule has 20 heavy (non-hydrogen) atoms. The van der Waals surface area contributed by atoms with Gasteiger partial charge in [-0.05, 0) is 38.6 Å². The zero-order chi connectivity index (χ0) is 14.3. The van der Waals surface area contributed by atoms with Gasteiger partial charge in [-0.15, -0.1) is 0 Å². The Morgan fingerprint density at radius 2 is 2.10 bits per heavy atom. The fourth-order valence-corrected chi connectivity index (χ4v) is 2.87. The van der Waals surface area contributed by atoms with Crippen molar-refractivity contribution in [2.24, 2.45) is 0 Å². The van der Waals surface area contributed by atoms with Gasteiger partial charge in [0.2, 0.25) is 0 Å². The SMILES string of the molecule is CCn1nc(C)c2[nH]c(=S)n(Cc3cccc(C)c3)c21. The van der Waals surface area contributed by atoms with Crippen molar-refractivity contribution in [2.45, 2.75) is 33.9 Å². The second kappa shape index (κ2) is 4.90. The summed E-state index contributed by atoms with van der Waals surface area (Å²) in [5, 5.41) is 4.55. The lowest BCUT2D eigenvalue weighted by Crippen LogP contribution is -2.06. The highest BCUT2D eigenvalue weighted by molar-refractivity contribution is 7.71. The van der Waals surface area contributed by atoms with Crippen LogP contribution >= 0.6 is 12.2 Å². The molecule has 0 spiro atoms. The van der Waals surface area contributed by atoms with Crippen LogP contribution in [0, 0.1) is 18.6 Å². The van der Waals surface area contributed by atoms with Crippen LogP contribution in [0.1, 0.15) is 23.7 Å². The van der Waals surface area contributed by atoms with Crippen LogP contribution in [0.2, 0.25) is 0 Å². The minimum Gasteiger partial charge on any atom is -0.328 e. The largest absolute Gasteiger partial charge is 0.328 e. The summed E-state index contributed by atoms with van der Waals surface area (Å²) in [6.45, 7) is 7.82. The molecule has 0 saturated heterocycles. The summed E-state index contributed by atoms with van der Waals surface area (Å²) in [6.07, 6.45) is 0. The van der Waals surface area contributed by atoms with Crippen LogP contribution in [0.4, 0.5) is 0 Å². The first kappa shape index (κ1) is 13.1. The van der Waals surface area contributed by atoms with Crippen molar-refractivity contribution in [1.29, 1.82) is 0 Å². The molecule has 0 atom stereocenters. The van der Waals surface area contributed by atoms with Gasteiger partial charge in [-0.2, -0.15) is 5.10 Å². The summed E-state index contributed by atoms with van der Waals surface area (Å²) in [4.78, 5) is 3.28. The van der Waals surface area contributed by atoms with Gasteiger partial charge in [0.05, 0.1) is 12.2 Å². The molecule has 0 amide bonds. The number of nitrogens with one attached hydrogen (secondary N) is 1. The van der Waals surface area contributed by atoms with Crippen LogP contribution in [0.3, 0.4) is 0 Å². The number of benzene rings is 1. The van der Waals surface area contributed by atoms with E-state index in [0.29, 0.717) is 0 Å². The van der Waals surface area contributed by atoms with Crippen molar-refractivity contribution >= 4 is 23.4 Å². The summed E-state index contributed by atoms with van der Waals surface area (Å²) in [7, 11) is 0. The first-order valence-corrected chi connectivity index (χ1v) is 7.22. The van der Waals surface area contributed by atoms with E-state index in [1.54, 1.807) is 0 Å². The number of nitrogens with zero attached hydrogens (tertiary/aromatic N) is 3. The van der Waals surface area contributed by atoms with Gasteiger partial charge in [0.25, 0.3) is 0 Å². The summed E-state index contributed by atoms with van der Waals surface area (Å²) in [5.74, 6) is 0. The van der Waals surface area contributed by atoms with E-state index in [1.807, 2.05) is 11.6 Å². The normalized spacial score (nSPS) is 11.3. The number of aromatic amines is 1. The second-order valence-electron chi connectivity index (χ2n) is 5.11. The Morgan fingerprint density at radius 1 is 1.30 bits per heavy atom. The van der Waals surface area contributed by atoms with Crippen LogP contribution in [-0.4, -0.2) is 19.3 Å². The van der Waals surface area contributed by atoms with Crippen molar-refractivity contribution in [3.05, 3.63) is 45.9 Å². The maximum absolute atomic E-state index is 5.47. The fourth-order valence-electron chi connectivity index (χ4n) is 2.62. The number of fused-ring (bicyclic) bond motifs is 1. The third kappa shape index (κ3) is 2.08. The predicted molar refractivity (Wildman–Crippen MR) is 83.6 cm³/mol. The van der Waals surface area contributed by atoms with Crippen LogP contribution < -0.4 is 0 Å². The van der Waals surface area contributed by atoms with Gasteiger partial charge in [-0.3, -0.25) is 4.57 Å². The van der Waals surface area contributed by atoms with Crippen LogP contribution in [0.25, 0.3) is 11.2 Å². The molecule has 1 aromatic carbocycles. The van der Waals surface area contributed by atoms with E-state index in [1.165, 1.54) is 11.1 Å². The maximum Gasteiger partial charge on any atom is 0.179 e. The average Bonchev–Trinajstić information content (AvgIpc) is 2.89. The lowest BCUT2D eigenvalue weighted by atomic mass is 10.1. The molecule has 0 bridgehead atoms. The highest BCUT2D eigenvalue weighted by Crippen LogP contribution is 2.19. The van der Waals surface area contributed by atoms with Gasteiger partial charge in [0.1, 0.15) is 5.52 Å². The standard InChI is InChI=1S/C15H18N4S/c1-4-19-14-13(11(3)17-19)16-15(20)18(14)9-12-7-5-6-10(2)8-12/h5-8H,4,9H2,1-3H3,(H,16,20). The summed E-state index contributed by atoms with van der Waals surface area (Å²) in [5.41, 5.74) is 5.64. The van der Waals surface area contributed by atoms with Crippen molar-refractivity contribution in [3.63, 3.8) is 0 Å². The summed E-state index contributed by atoms with van der Waals surface area (Å²) < 4.78 is 4.89. The Kier molecular flexibility index (Phi) is 3.22. The van der Waals surface area contributed by atoms with E-state index in [4.69, 9.17) is 12.2 Å². The summed E-state index contributed by atoms with van der Waals surface area (Å²) in [6, 6.07) is 8.52. The highest BCUT2D eigenvalue weighted by Gasteiger charge is 2.13. The molecule has 0 radical (unpaired) electrons. The van der Waals surface area contributed by atoms with Crippen LogP contribution in [-0.2, 0) is 13.1 Å². The molecule has 1 N–H and O–H groups in total. The molecule has 0 aliphatic heterocycles. The van der Waals surface area contributed by atoms with Crippen molar-refractivity contribution < 1.29 is 0 Å². The minimum atomic E-state index is 0.754. The van der Waals surface area contributed by atoms with Gasteiger partial charge in [0, 0.05) is 6.54 Å². The maximum atomic E-state index is 5.47. The van der Waals surface area contributed by atoms with Crippen LogP contribution in [0.5, 0.6) is 0 Å². The number of imidazole rings is 1. The number of aryl methyl sites for hydroxylation is 3. The average molecular weight is 286 g/mol. The molecular weight excluding hydrogens is 268 g/mol. The molecule has 4 nitrogen and oxygen atoms in total. The monoisotopic (exact) mass is 286 g/mol. The Labute approximate surface area is 123 Å². The number of hydrogen-bond donors (Lipinski definition) is 1. The topological polar surface area (TPSA) is 38.5 Å². The van der Waals surface area contributed by atoms with E-state index >= 15 is 0 Å². The number of aromatic nitrogens is 4. The lowest BCUT2D eigenvalue weighted by molar-refractivity contribution is 0.643. The molecule has 0 fully saturated rings. The number of hydrogen-bond acceptors (Lipinski definition) is 2. The predicted octanol–water partition coefficient (Wildman–Crippen LogP) is 3.58. The van der Waals surface area contributed by atoms with E-state index < -0.39 is 0 Å². The van der Waals surface area contributed by atoms with E-state index in [0.717, 1.165) is 34.7 Å². The molecule has 104 valence electrons. The molecule has 0 unspecified atom stereocenters. The number of rotatable bonds is 3. The molecule has 5 heteroatoms. The zero-order valence-corrected chi connectivity index (χ0v) is 12.8. The third-order valence-electron chi connectivity index (χ3n) is 3.56. The van der Waals surface area contributed by atoms with Gasteiger partial charge < -0.3 is 4.98 Å². The van der Waals surface area contributed by atoms with Crippen molar-refractivity contribution in [1.82, 2.24) is 19.3 Å². The molecule has 0 saturated carbocycles. The fraction of sp³-hybridized carbons (Fsp3) is 0.333. The zero-order valence-electron chi connectivity index (χ0n) is 12.0. The van der Waals surface area contributed by atoms with Gasteiger partial charge in [0.15, 0.2) is 10.4 Å². The quantitative estimate of drug-likeness (QED) is 0.747. The Bertz CT molecular complexity index is 822. The van der Waals surface area contributed by atoms with Gasteiger partial charge in [-0.1, -0.05) is 29.8 Å². The van der Waals surface area contributed by atoms with Gasteiger partial charge >= 0.3 is 0 Å². The third-order valence-corrected chi connectivity index (χ3v) is 3.88. The van der Waals surface area contributed by atoms with Crippen molar-refractivity contribution in [2.75, 3.05) is 0 Å². The molecule has 0 aliphatic rings. The van der Waals surface area contributed by atoms with E-state index in [2.05, 4.69) is 52.8 Å². The Balaban J connectivity index is 2.16. The molecule has 2 heterocycles. The first-order chi connectivity index (χ1) is 9.60. The molecule has 2 aromatic heterocycles. The lowest BCUT2D eigenvalue weighted by Gasteiger charge is -2.07. The molecule has 3 aromatic rings. The van der Waals surface area contributed by atoms with Crippen LogP contribution in [0.15, 0.2) is 24.3 Å². The molecule has 3 rings (SSSR count). The first-order valence-electron chi connectivity index (χ1n) is 6.81. The molecular formula is C15H18N4S. The smallest absolute Gasteiger partial charge is 0.179 e. The number of H-pyrrole nitrogens is 1. The van der Waals surface area contributed by atoms with E-state index in [-0.39, 0.29) is 0 Å². The highest BCUT2D eigenvalue weighted by atomic mass is 32.1. The van der Waals surface area contributed by atoms with Gasteiger partial charge in [-0.25, -0.2) is 4.68 Å².